The van der Waals surface area contributed by atoms with Gasteiger partial charge in [-0.3, -0.25) is 4.98 Å². The lowest BCUT2D eigenvalue weighted by atomic mass is 10.1. The highest BCUT2D eigenvalue weighted by Crippen LogP contribution is 2.21. The van der Waals surface area contributed by atoms with Crippen molar-refractivity contribution in [1.82, 2.24) is 9.97 Å². The summed E-state index contributed by atoms with van der Waals surface area (Å²) < 4.78 is 5.81. The van der Waals surface area contributed by atoms with Gasteiger partial charge in [-0.15, -0.1) is 0 Å². The van der Waals surface area contributed by atoms with E-state index >= 15 is 0 Å². The van der Waals surface area contributed by atoms with Crippen molar-refractivity contribution >= 4 is 28.0 Å². The highest BCUT2D eigenvalue weighted by molar-refractivity contribution is 5.83. The molecule has 0 atom stereocenters. The molecule has 170 valence electrons. The first-order valence-electron chi connectivity index (χ1n) is 11.6. The topological polar surface area (TPSA) is 62.0 Å². The zero-order valence-corrected chi connectivity index (χ0v) is 19.0. The molecule has 5 nitrogen and oxygen atoms in total. The van der Waals surface area contributed by atoms with Crippen LogP contribution in [0.2, 0.25) is 0 Å². The monoisotopic (exact) mass is 448 g/mol. The van der Waals surface area contributed by atoms with Crippen molar-refractivity contribution in [1.29, 1.82) is 0 Å². The Kier molecular flexibility index (Phi) is 6.83. The van der Waals surface area contributed by atoms with Crippen LogP contribution in [0.5, 0.6) is 0 Å². The molecule has 0 saturated heterocycles. The van der Waals surface area contributed by atoms with Crippen LogP contribution >= 0.6 is 0 Å². The van der Waals surface area contributed by atoms with Crippen LogP contribution in [0.4, 0.5) is 17.1 Å². The summed E-state index contributed by atoms with van der Waals surface area (Å²) in [7, 11) is 0. The van der Waals surface area contributed by atoms with Crippen molar-refractivity contribution in [3.63, 3.8) is 0 Å². The number of hydrogen-bond acceptors (Lipinski definition) is 4. The SMILES string of the molecule is c1ccc(COCc2cc(Nc3ccc(NCCc4c[nH]c5ccccc45)cc3)ccn2)cc1. The van der Waals surface area contributed by atoms with E-state index in [-0.39, 0.29) is 0 Å². The Morgan fingerprint density at radius 2 is 1.56 bits per heavy atom. The third-order valence-corrected chi connectivity index (χ3v) is 5.75. The number of anilines is 3. The van der Waals surface area contributed by atoms with Gasteiger partial charge in [-0.1, -0.05) is 48.5 Å². The average Bonchev–Trinajstić information content (AvgIpc) is 3.29. The molecule has 0 radical (unpaired) electrons. The first-order valence-corrected chi connectivity index (χ1v) is 11.6. The van der Waals surface area contributed by atoms with Crippen LogP contribution in [0.1, 0.15) is 16.8 Å². The summed E-state index contributed by atoms with van der Waals surface area (Å²) in [6.07, 6.45) is 4.88. The van der Waals surface area contributed by atoms with Gasteiger partial charge in [0.1, 0.15) is 0 Å². The number of benzene rings is 3. The van der Waals surface area contributed by atoms with Gasteiger partial charge in [0.25, 0.3) is 0 Å². The van der Waals surface area contributed by atoms with Crippen molar-refractivity contribution < 1.29 is 4.74 Å². The van der Waals surface area contributed by atoms with Crippen LogP contribution in [-0.4, -0.2) is 16.5 Å². The number of pyridine rings is 1. The van der Waals surface area contributed by atoms with Crippen molar-refractivity contribution in [3.05, 3.63) is 120 Å². The van der Waals surface area contributed by atoms with E-state index in [0.29, 0.717) is 13.2 Å². The number of H-pyrrole nitrogens is 1. The second kappa shape index (κ2) is 10.7. The Bertz CT molecular complexity index is 1330. The predicted octanol–water partition coefficient (Wildman–Crippen LogP) is 6.68. The van der Waals surface area contributed by atoms with Crippen molar-refractivity contribution in [2.45, 2.75) is 19.6 Å². The highest BCUT2D eigenvalue weighted by atomic mass is 16.5. The fourth-order valence-electron chi connectivity index (χ4n) is 4.00. The van der Waals surface area contributed by atoms with Gasteiger partial charge in [0.2, 0.25) is 0 Å². The fourth-order valence-corrected chi connectivity index (χ4v) is 4.00. The standard InChI is InChI=1S/C29H28N4O/c1-2-6-22(7-3-1)20-34-21-27-18-26(15-17-31-27)33-25-12-10-24(11-13-25)30-16-14-23-19-32-29-9-5-4-8-28(23)29/h1-13,15,17-19,30,32H,14,16,20-21H2,(H,31,33). The molecule has 0 spiro atoms. The molecule has 0 aliphatic rings. The molecule has 0 aliphatic heterocycles. The summed E-state index contributed by atoms with van der Waals surface area (Å²) in [5.41, 5.74) is 7.72. The van der Waals surface area contributed by atoms with E-state index in [0.717, 1.165) is 41.3 Å². The first-order chi connectivity index (χ1) is 16.8. The van der Waals surface area contributed by atoms with E-state index in [4.69, 9.17) is 4.74 Å². The van der Waals surface area contributed by atoms with Gasteiger partial charge >= 0.3 is 0 Å². The lowest BCUT2D eigenvalue weighted by Gasteiger charge is -2.10. The Morgan fingerprint density at radius 3 is 2.44 bits per heavy atom. The Balaban J connectivity index is 1.11. The van der Waals surface area contributed by atoms with Crippen LogP contribution in [0.3, 0.4) is 0 Å². The minimum absolute atomic E-state index is 0.476. The van der Waals surface area contributed by atoms with Crippen LogP contribution in [0.25, 0.3) is 10.9 Å². The second-order valence-electron chi connectivity index (χ2n) is 8.25. The van der Waals surface area contributed by atoms with Gasteiger partial charge in [0.15, 0.2) is 0 Å². The molecule has 0 saturated carbocycles. The molecule has 3 aromatic carbocycles. The number of aromatic nitrogens is 2. The number of nitrogens with one attached hydrogen (secondary N) is 3. The van der Waals surface area contributed by atoms with E-state index in [9.17, 15) is 0 Å². The number of para-hydroxylation sites is 1. The number of rotatable bonds is 10. The lowest BCUT2D eigenvalue weighted by molar-refractivity contribution is 0.104. The second-order valence-corrected chi connectivity index (χ2v) is 8.25. The van der Waals surface area contributed by atoms with Crippen LogP contribution < -0.4 is 10.6 Å². The maximum absolute atomic E-state index is 5.81. The molecule has 5 aromatic rings. The minimum Gasteiger partial charge on any atom is -0.385 e. The van der Waals surface area contributed by atoms with Crippen molar-refractivity contribution in [2.75, 3.05) is 17.2 Å². The van der Waals surface area contributed by atoms with Crippen molar-refractivity contribution in [3.8, 4) is 0 Å². The summed E-state index contributed by atoms with van der Waals surface area (Å²) in [4.78, 5) is 7.76. The number of aromatic amines is 1. The molecule has 0 bridgehead atoms. The first kappa shape index (κ1) is 21.7. The Hall–Kier alpha value is -4.09. The lowest BCUT2D eigenvalue weighted by Crippen LogP contribution is -2.04. The maximum atomic E-state index is 5.81. The molecule has 5 rings (SSSR count). The molecular formula is C29H28N4O. The molecule has 5 heteroatoms. The van der Waals surface area contributed by atoms with Gasteiger partial charge in [0, 0.05) is 46.9 Å². The Labute approximate surface area is 199 Å². The number of nitrogens with zero attached hydrogens (tertiary/aromatic N) is 1. The molecular weight excluding hydrogens is 420 g/mol. The van der Waals surface area contributed by atoms with Gasteiger partial charge in [-0.05, 0) is 60.0 Å². The number of hydrogen-bond donors (Lipinski definition) is 3. The zero-order chi connectivity index (χ0) is 23.0. The van der Waals surface area contributed by atoms with Gasteiger partial charge in [-0.25, -0.2) is 0 Å². The summed E-state index contributed by atoms with van der Waals surface area (Å²) in [5, 5.41) is 8.26. The molecule has 0 aliphatic carbocycles. The Morgan fingerprint density at radius 1 is 0.765 bits per heavy atom. The van der Waals surface area contributed by atoms with E-state index in [2.05, 4.69) is 87.5 Å². The zero-order valence-electron chi connectivity index (χ0n) is 19.0. The smallest absolute Gasteiger partial charge is 0.0893 e. The number of ether oxygens (including phenoxy) is 1. The molecule has 0 unspecified atom stereocenters. The van der Waals surface area contributed by atoms with E-state index in [1.165, 1.54) is 16.5 Å². The summed E-state index contributed by atoms with van der Waals surface area (Å²) in [5.74, 6) is 0. The van der Waals surface area contributed by atoms with Gasteiger partial charge in [-0.2, -0.15) is 0 Å². The summed E-state index contributed by atoms with van der Waals surface area (Å²) in [6.45, 7) is 1.93. The molecule has 2 heterocycles. The largest absolute Gasteiger partial charge is 0.385 e. The van der Waals surface area contributed by atoms with Crippen LogP contribution in [0.15, 0.2) is 103 Å². The minimum atomic E-state index is 0.476. The van der Waals surface area contributed by atoms with Crippen molar-refractivity contribution in [2.24, 2.45) is 0 Å². The summed E-state index contributed by atoms with van der Waals surface area (Å²) >= 11 is 0. The third kappa shape index (κ3) is 5.63. The molecule has 0 amide bonds. The van der Waals surface area contributed by atoms with Gasteiger partial charge in [0.05, 0.1) is 18.9 Å². The molecule has 3 N–H and O–H groups in total. The maximum Gasteiger partial charge on any atom is 0.0893 e. The summed E-state index contributed by atoms with van der Waals surface area (Å²) in [6, 6.07) is 31.0. The fraction of sp³-hybridized carbons (Fsp3) is 0.138. The number of fused-ring (bicyclic) bond motifs is 1. The quantitative estimate of drug-likeness (QED) is 0.223. The van der Waals surface area contributed by atoms with Gasteiger partial charge < -0.3 is 20.4 Å². The van der Waals surface area contributed by atoms with Crippen LogP contribution in [-0.2, 0) is 24.4 Å². The van der Waals surface area contributed by atoms with E-state index < -0.39 is 0 Å². The molecule has 2 aromatic heterocycles. The van der Waals surface area contributed by atoms with E-state index in [1.54, 1.807) is 0 Å². The third-order valence-electron chi connectivity index (χ3n) is 5.75. The van der Waals surface area contributed by atoms with Crippen LogP contribution in [0, 0.1) is 0 Å². The predicted molar refractivity (Wildman–Crippen MR) is 139 cm³/mol. The normalized spacial score (nSPS) is 10.9. The highest BCUT2D eigenvalue weighted by Gasteiger charge is 2.03. The average molecular weight is 449 g/mol. The molecule has 0 fully saturated rings. The molecule has 34 heavy (non-hydrogen) atoms. The van der Waals surface area contributed by atoms with E-state index in [1.807, 2.05) is 36.5 Å².